The summed E-state index contributed by atoms with van der Waals surface area (Å²) in [6.07, 6.45) is 7.70. The molecule has 0 aliphatic carbocycles. The fourth-order valence-corrected chi connectivity index (χ4v) is 1.81. The second-order valence-electron chi connectivity index (χ2n) is 4.11. The number of H-pyrrole nitrogens is 1. The normalized spacial score (nSPS) is 10.2. The number of aromatic amines is 1. The number of terminal acetylenes is 1. The summed E-state index contributed by atoms with van der Waals surface area (Å²) in [7, 11) is 0. The predicted molar refractivity (Wildman–Crippen MR) is 75.6 cm³/mol. The lowest BCUT2D eigenvalue weighted by molar-refractivity contribution is -0.383. The number of unbranched alkanes of at least 4 members (excludes halogenated alkanes) is 1. The standard InChI is InChI=1S/C13H12N4O3/c1-2-3-4-5-14-11-7-10-9(6-12(11)17(19)20)13(18)16-8-15-10/h1,6-8,14H,3-5H2,(H,15,16,18). The first-order valence-corrected chi connectivity index (χ1v) is 5.96. The first kappa shape index (κ1) is 13.5. The molecule has 0 bridgehead atoms. The van der Waals surface area contributed by atoms with Crippen LogP contribution in [0.3, 0.4) is 0 Å². The lowest BCUT2D eigenvalue weighted by Gasteiger charge is -2.07. The fourth-order valence-electron chi connectivity index (χ4n) is 1.81. The SMILES string of the molecule is C#CCCCNc1cc2nc[nH]c(=O)c2cc1[N+](=O)[O-]. The average Bonchev–Trinajstić information content (AvgIpc) is 2.43. The number of nitrogens with one attached hydrogen (secondary N) is 2. The van der Waals surface area contributed by atoms with E-state index >= 15 is 0 Å². The first-order chi connectivity index (χ1) is 9.63. The van der Waals surface area contributed by atoms with Crippen molar-refractivity contribution in [2.24, 2.45) is 0 Å². The summed E-state index contributed by atoms with van der Waals surface area (Å²) in [6.45, 7) is 0.514. The highest BCUT2D eigenvalue weighted by Gasteiger charge is 2.16. The van der Waals surface area contributed by atoms with Crippen molar-refractivity contribution in [3.05, 3.63) is 38.9 Å². The van der Waals surface area contributed by atoms with Crippen LogP contribution in [0.4, 0.5) is 11.4 Å². The lowest BCUT2D eigenvalue weighted by Crippen LogP contribution is -2.09. The molecule has 20 heavy (non-hydrogen) atoms. The summed E-state index contributed by atoms with van der Waals surface area (Å²) in [5, 5.41) is 14.2. The van der Waals surface area contributed by atoms with Crippen molar-refractivity contribution in [3.8, 4) is 12.3 Å². The molecule has 102 valence electrons. The zero-order chi connectivity index (χ0) is 14.5. The van der Waals surface area contributed by atoms with Crippen LogP contribution in [0.1, 0.15) is 12.8 Å². The van der Waals surface area contributed by atoms with Crippen molar-refractivity contribution in [2.75, 3.05) is 11.9 Å². The van der Waals surface area contributed by atoms with Crippen molar-refractivity contribution in [1.82, 2.24) is 9.97 Å². The highest BCUT2D eigenvalue weighted by atomic mass is 16.6. The van der Waals surface area contributed by atoms with Gasteiger partial charge >= 0.3 is 0 Å². The van der Waals surface area contributed by atoms with E-state index in [1.54, 1.807) is 0 Å². The Morgan fingerprint density at radius 1 is 1.50 bits per heavy atom. The maximum Gasteiger partial charge on any atom is 0.293 e. The highest BCUT2D eigenvalue weighted by Crippen LogP contribution is 2.27. The molecule has 0 unspecified atom stereocenters. The number of benzene rings is 1. The number of hydrogen-bond acceptors (Lipinski definition) is 5. The van der Waals surface area contributed by atoms with Gasteiger partial charge in [-0.15, -0.1) is 12.3 Å². The molecule has 0 aliphatic heterocycles. The molecule has 0 saturated carbocycles. The average molecular weight is 272 g/mol. The van der Waals surface area contributed by atoms with Gasteiger partial charge in [0.25, 0.3) is 11.2 Å². The Bertz CT molecular complexity index is 745. The van der Waals surface area contributed by atoms with Crippen LogP contribution in [-0.2, 0) is 0 Å². The number of anilines is 1. The predicted octanol–water partition coefficient (Wildman–Crippen LogP) is 1.66. The molecule has 0 atom stereocenters. The van der Waals surface area contributed by atoms with E-state index in [0.717, 1.165) is 0 Å². The van der Waals surface area contributed by atoms with Gasteiger partial charge in [0.05, 0.1) is 22.2 Å². The van der Waals surface area contributed by atoms with Crippen LogP contribution in [0.15, 0.2) is 23.3 Å². The summed E-state index contributed by atoms with van der Waals surface area (Å²) in [4.78, 5) is 28.5. The molecule has 0 spiro atoms. The summed E-state index contributed by atoms with van der Waals surface area (Å²) in [5.41, 5.74) is 0.171. The number of nitro groups is 1. The minimum atomic E-state index is -0.532. The minimum absolute atomic E-state index is 0.156. The summed E-state index contributed by atoms with van der Waals surface area (Å²) in [6, 6.07) is 2.73. The third kappa shape index (κ3) is 2.75. The molecule has 2 aromatic rings. The molecule has 1 aromatic heterocycles. The highest BCUT2D eigenvalue weighted by molar-refractivity contribution is 5.86. The van der Waals surface area contributed by atoms with Crippen molar-refractivity contribution >= 4 is 22.3 Å². The molecule has 2 rings (SSSR count). The fraction of sp³-hybridized carbons (Fsp3) is 0.231. The Kier molecular flexibility index (Phi) is 3.96. The van der Waals surface area contributed by atoms with Gasteiger partial charge in [0, 0.05) is 19.0 Å². The van der Waals surface area contributed by atoms with E-state index in [2.05, 4.69) is 21.2 Å². The zero-order valence-corrected chi connectivity index (χ0v) is 10.5. The molecular formula is C13H12N4O3. The van der Waals surface area contributed by atoms with Crippen molar-refractivity contribution in [2.45, 2.75) is 12.8 Å². The van der Waals surface area contributed by atoms with Crippen LogP contribution in [-0.4, -0.2) is 21.4 Å². The first-order valence-electron chi connectivity index (χ1n) is 5.96. The summed E-state index contributed by atoms with van der Waals surface area (Å²) < 4.78 is 0. The number of aromatic nitrogens is 2. The van der Waals surface area contributed by atoms with E-state index in [9.17, 15) is 14.9 Å². The van der Waals surface area contributed by atoms with Crippen LogP contribution in [0.2, 0.25) is 0 Å². The van der Waals surface area contributed by atoms with Crippen LogP contribution in [0.5, 0.6) is 0 Å². The molecule has 0 saturated heterocycles. The van der Waals surface area contributed by atoms with Gasteiger partial charge in [0.1, 0.15) is 5.69 Å². The molecule has 0 amide bonds. The molecule has 7 nitrogen and oxygen atoms in total. The van der Waals surface area contributed by atoms with Gasteiger partial charge in [-0.25, -0.2) is 4.98 Å². The summed E-state index contributed by atoms with van der Waals surface area (Å²) in [5.74, 6) is 2.50. The van der Waals surface area contributed by atoms with E-state index in [1.807, 2.05) is 0 Å². The van der Waals surface area contributed by atoms with Crippen LogP contribution in [0.25, 0.3) is 10.9 Å². The van der Waals surface area contributed by atoms with E-state index in [1.165, 1.54) is 18.5 Å². The van der Waals surface area contributed by atoms with E-state index < -0.39 is 10.5 Å². The Morgan fingerprint density at radius 3 is 3.00 bits per heavy atom. The molecule has 0 radical (unpaired) electrons. The topological polar surface area (TPSA) is 101 Å². The maximum atomic E-state index is 11.6. The molecule has 7 heteroatoms. The molecule has 1 aromatic carbocycles. The number of hydrogen-bond donors (Lipinski definition) is 2. The van der Waals surface area contributed by atoms with Gasteiger partial charge in [-0.1, -0.05) is 0 Å². The monoisotopic (exact) mass is 272 g/mol. The quantitative estimate of drug-likeness (QED) is 0.373. The van der Waals surface area contributed by atoms with Gasteiger partial charge in [0.15, 0.2) is 0 Å². The lowest BCUT2D eigenvalue weighted by atomic mass is 10.2. The van der Waals surface area contributed by atoms with E-state index in [-0.39, 0.29) is 11.1 Å². The van der Waals surface area contributed by atoms with Crippen LogP contribution >= 0.6 is 0 Å². The number of rotatable bonds is 5. The van der Waals surface area contributed by atoms with Gasteiger partial charge in [-0.05, 0) is 12.5 Å². The van der Waals surface area contributed by atoms with Gasteiger partial charge in [-0.3, -0.25) is 14.9 Å². The van der Waals surface area contributed by atoms with E-state index in [0.29, 0.717) is 30.6 Å². The van der Waals surface area contributed by atoms with Crippen molar-refractivity contribution in [1.29, 1.82) is 0 Å². The van der Waals surface area contributed by atoms with E-state index in [4.69, 9.17) is 6.42 Å². The van der Waals surface area contributed by atoms with Gasteiger partial charge < -0.3 is 10.3 Å². The largest absolute Gasteiger partial charge is 0.379 e. The number of nitro benzene ring substituents is 1. The zero-order valence-electron chi connectivity index (χ0n) is 10.5. The van der Waals surface area contributed by atoms with Gasteiger partial charge in [0.2, 0.25) is 0 Å². The van der Waals surface area contributed by atoms with Crippen LogP contribution < -0.4 is 10.9 Å². The molecule has 1 heterocycles. The smallest absolute Gasteiger partial charge is 0.293 e. The Morgan fingerprint density at radius 2 is 2.30 bits per heavy atom. The van der Waals surface area contributed by atoms with Gasteiger partial charge in [-0.2, -0.15) is 0 Å². The maximum absolute atomic E-state index is 11.6. The second-order valence-corrected chi connectivity index (χ2v) is 4.11. The Labute approximate surface area is 114 Å². The molecular weight excluding hydrogens is 260 g/mol. The third-order valence-corrected chi connectivity index (χ3v) is 2.77. The van der Waals surface area contributed by atoms with Crippen LogP contribution in [0, 0.1) is 22.5 Å². The molecule has 2 N–H and O–H groups in total. The van der Waals surface area contributed by atoms with Crippen molar-refractivity contribution < 1.29 is 4.92 Å². The number of fused-ring (bicyclic) bond motifs is 1. The number of nitrogens with zero attached hydrogens (tertiary/aromatic N) is 2. The minimum Gasteiger partial charge on any atom is -0.379 e. The summed E-state index contributed by atoms with van der Waals surface area (Å²) >= 11 is 0. The second kappa shape index (κ2) is 5.84. The third-order valence-electron chi connectivity index (χ3n) is 2.77. The Hall–Kier alpha value is -2.88. The van der Waals surface area contributed by atoms with Crippen molar-refractivity contribution in [3.63, 3.8) is 0 Å². The Balaban J connectivity index is 2.42. The molecule has 0 aliphatic rings. The molecule has 0 fully saturated rings.